The number of nitrogens with one attached hydrogen (secondary N) is 1. The van der Waals surface area contributed by atoms with Crippen LogP contribution in [0.15, 0.2) is 30.3 Å². The third-order valence-electron chi connectivity index (χ3n) is 3.20. The molecule has 0 fully saturated rings. The molecule has 0 aliphatic heterocycles. The summed E-state index contributed by atoms with van der Waals surface area (Å²) in [6, 6.07) is 10.3. The fourth-order valence-electron chi connectivity index (χ4n) is 1.94. The van der Waals surface area contributed by atoms with Crippen LogP contribution in [0, 0.1) is 11.3 Å². The molecule has 20 heavy (non-hydrogen) atoms. The number of amides is 1. The lowest BCUT2D eigenvalue weighted by molar-refractivity contribution is -0.145. The van der Waals surface area contributed by atoms with Gasteiger partial charge in [-0.25, -0.2) is 0 Å². The summed E-state index contributed by atoms with van der Waals surface area (Å²) in [5.74, 6) is -1.42. The van der Waals surface area contributed by atoms with Crippen molar-refractivity contribution in [3.63, 3.8) is 0 Å². The van der Waals surface area contributed by atoms with E-state index in [1.54, 1.807) is 37.3 Å². The maximum Gasteiger partial charge on any atom is 0.314 e. The Kier molecular flexibility index (Phi) is 5.27. The number of hydrogen-bond donors (Lipinski definition) is 2. The number of nitrogens with zero attached hydrogens (tertiary/aromatic N) is 1. The van der Waals surface area contributed by atoms with Gasteiger partial charge in [0.1, 0.15) is 0 Å². The quantitative estimate of drug-likeness (QED) is 0.828. The molecular weight excluding hydrogens is 256 g/mol. The van der Waals surface area contributed by atoms with Crippen LogP contribution in [0.1, 0.15) is 32.3 Å². The van der Waals surface area contributed by atoms with Crippen molar-refractivity contribution in [2.24, 2.45) is 0 Å². The molecule has 5 heteroatoms. The molecule has 0 saturated carbocycles. The van der Waals surface area contributed by atoms with Crippen molar-refractivity contribution in [3.05, 3.63) is 35.9 Å². The molecule has 106 valence electrons. The molecule has 2 unspecified atom stereocenters. The van der Waals surface area contributed by atoms with Gasteiger partial charge in [-0.1, -0.05) is 30.3 Å². The van der Waals surface area contributed by atoms with Crippen LogP contribution in [0.4, 0.5) is 0 Å². The third kappa shape index (κ3) is 3.82. The van der Waals surface area contributed by atoms with E-state index in [1.807, 2.05) is 6.07 Å². The van der Waals surface area contributed by atoms with E-state index < -0.39 is 11.4 Å². The zero-order valence-electron chi connectivity index (χ0n) is 11.6. The van der Waals surface area contributed by atoms with Gasteiger partial charge in [-0.3, -0.25) is 9.59 Å². The summed E-state index contributed by atoms with van der Waals surface area (Å²) < 4.78 is 0. The number of rotatable bonds is 6. The van der Waals surface area contributed by atoms with Crippen LogP contribution in [-0.2, 0) is 15.0 Å². The van der Waals surface area contributed by atoms with Crippen molar-refractivity contribution in [3.8, 4) is 6.07 Å². The van der Waals surface area contributed by atoms with Crippen molar-refractivity contribution in [2.45, 2.75) is 38.1 Å². The Morgan fingerprint density at radius 2 is 2.00 bits per heavy atom. The van der Waals surface area contributed by atoms with Gasteiger partial charge >= 0.3 is 5.97 Å². The Hall–Kier alpha value is -2.35. The van der Waals surface area contributed by atoms with E-state index in [9.17, 15) is 14.7 Å². The molecular formula is C15H18N2O3. The molecule has 0 radical (unpaired) electrons. The molecule has 0 aromatic heterocycles. The first-order valence-electron chi connectivity index (χ1n) is 6.35. The second-order valence-corrected chi connectivity index (χ2v) is 5.01. The van der Waals surface area contributed by atoms with Crippen LogP contribution in [0.2, 0.25) is 0 Å². The van der Waals surface area contributed by atoms with Gasteiger partial charge in [0.15, 0.2) is 0 Å². The molecule has 0 heterocycles. The van der Waals surface area contributed by atoms with E-state index in [2.05, 4.69) is 5.32 Å². The van der Waals surface area contributed by atoms with Gasteiger partial charge in [0.05, 0.1) is 17.9 Å². The second-order valence-electron chi connectivity index (χ2n) is 5.01. The van der Waals surface area contributed by atoms with Crippen molar-refractivity contribution >= 4 is 11.9 Å². The van der Waals surface area contributed by atoms with Crippen molar-refractivity contribution in [2.75, 3.05) is 0 Å². The molecule has 1 aromatic rings. The predicted molar refractivity (Wildman–Crippen MR) is 73.9 cm³/mol. The number of carboxylic acids is 1. The van der Waals surface area contributed by atoms with E-state index in [1.165, 1.54) is 6.92 Å². The largest absolute Gasteiger partial charge is 0.481 e. The first-order valence-corrected chi connectivity index (χ1v) is 6.35. The van der Waals surface area contributed by atoms with Crippen LogP contribution in [-0.4, -0.2) is 23.0 Å². The molecule has 0 bridgehead atoms. The van der Waals surface area contributed by atoms with Crippen LogP contribution in [0.3, 0.4) is 0 Å². The standard InChI is InChI=1S/C15H18N2O3/c1-11(8-9-16)17-13(18)10-15(2,14(19)20)12-6-4-3-5-7-12/h3-7,11H,8,10H2,1-2H3,(H,17,18)(H,19,20). The highest BCUT2D eigenvalue weighted by Gasteiger charge is 2.37. The molecule has 5 nitrogen and oxygen atoms in total. The zero-order valence-corrected chi connectivity index (χ0v) is 11.6. The van der Waals surface area contributed by atoms with E-state index in [-0.39, 0.29) is 24.8 Å². The minimum Gasteiger partial charge on any atom is -0.481 e. The van der Waals surface area contributed by atoms with Crippen molar-refractivity contribution in [1.82, 2.24) is 5.32 Å². The number of carbonyl (C=O) groups is 2. The Morgan fingerprint density at radius 3 is 2.50 bits per heavy atom. The highest BCUT2D eigenvalue weighted by molar-refractivity contribution is 5.89. The summed E-state index contributed by atoms with van der Waals surface area (Å²) in [5.41, 5.74) is -0.701. The minimum absolute atomic E-state index is 0.165. The van der Waals surface area contributed by atoms with Crippen LogP contribution in [0.25, 0.3) is 0 Å². The molecule has 0 aliphatic rings. The van der Waals surface area contributed by atoms with Gasteiger partial charge in [-0.2, -0.15) is 5.26 Å². The van der Waals surface area contributed by atoms with E-state index in [4.69, 9.17) is 5.26 Å². The lowest BCUT2D eigenvalue weighted by atomic mass is 9.79. The second kappa shape index (κ2) is 6.71. The Labute approximate surface area is 118 Å². The molecule has 0 spiro atoms. The van der Waals surface area contributed by atoms with Gasteiger partial charge in [0.25, 0.3) is 0 Å². The Morgan fingerprint density at radius 1 is 1.40 bits per heavy atom. The average molecular weight is 274 g/mol. The van der Waals surface area contributed by atoms with Gasteiger partial charge < -0.3 is 10.4 Å². The Balaban J connectivity index is 2.86. The number of carbonyl (C=O) groups excluding carboxylic acids is 1. The molecule has 1 amide bonds. The van der Waals surface area contributed by atoms with Crippen molar-refractivity contribution < 1.29 is 14.7 Å². The zero-order chi connectivity index (χ0) is 15.2. The number of carboxylic acid groups (broad SMARTS) is 1. The van der Waals surface area contributed by atoms with Crippen LogP contribution < -0.4 is 5.32 Å². The third-order valence-corrected chi connectivity index (χ3v) is 3.20. The summed E-state index contributed by atoms with van der Waals surface area (Å²) in [4.78, 5) is 23.5. The van der Waals surface area contributed by atoms with E-state index in [0.29, 0.717) is 5.56 Å². The molecule has 2 atom stereocenters. The van der Waals surface area contributed by atoms with Gasteiger partial charge in [-0.15, -0.1) is 0 Å². The molecule has 1 rings (SSSR count). The summed E-state index contributed by atoms with van der Waals surface area (Å²) in [6.07, 6.45) is 0.0307. The van der Waals surface area contributed by atoms with Gasteiger partial charge in [0, 0.05) is 12.5 Å². The fourth-order valence-corrected chi connectivity index (χ4v) is 1.94. The summed E-state index contributed by atoms with van der Waals surface area (Å²) >= 11 is 0. The number of nitriles is 1. The predicted octanol–water partition coefficient (Wildman–Crippen LogP) is 1.84. The Bertz CT molecular complexity index is 522. The topological polar surface area (TPSA) is 90.2 Å². The summed E-state index contributed by atoms with van der Waals surface area (Å²) in [7, 11) is 0. The average Bonchev–Trinajstić information content (AvgIpc) is 2.39. The minimum atomic E-state index is -1.28. The lowest BCUT2D eigenvalue weighted by Crippen LogP contribution is -2.41. The highest BCUT2D eigenvalue weighted by Crippen LogP contribution is 2.28. The smallest absolute Gasteiger partial charge is 0.314 e. The van der Waals surface area contributed by atoms with Crippen LogP contribution in [0.5, 0.6) is 0 Å². The first kappa shape index (κ1) is 15.7. The maximum absolute atomic E-state index is 11.9. The molecule has 2 N–H and O–H groups in total. The number of benzene rings is 1. The molecule has 0 aliphatic carbocycles. The SMILES string of the molecule is CC(CC#N)NC(=O)CC(C)(C(=O)O)c1ccccc1. The lowest BCUT2D eigenvalue weighted by Gasteiger charge is -2.25. The molecule has 1 aromatic carbocycles. The van der Waals surface area contributed by atoms with Crippen LogP contribution >= 0.6 is 0 Å². The van der Waals surface area contributed by atoms with Crippen molar-refractivity contribution in [1.29, 1.82) is 5.26 Å². The number of hydrogen-bond acceptors (Lipinski definition) is 3. The van der Waals surface area contributed by atoms with E-state index >= 15 is 0 Å². The molecule has 0 saturated heterocycles. The first-order chi connectivity index (χ1) is 9.40. The van der Waals surface area contributed by atoms with Gasteiger partial charge in [-0.05, 0) is 19.4 Å². The van der Waals surface area contributed by atoms with Gasteiger partial charge in [0.2, 0.25) is 5.91 Å². The maximum atomic E-state index is 11.9. The highest BCUT2D eigenvalue weighted by atomic mass is 16.4. The normalized spacial score (nSPS) is 14.7. The summed E-state index contributed by atoms with van der Waals surface area (Å²) in [5, 5.41) is 20.6. The van der Waals surface area contributed by atoms with E-state index in [0.717, 1.165) is 0 Å². The number of aliphatic carboxylic acids is 1. The monoisotopic (exact) mass is 274 g/mol. The summed E-state index contributed by atoms with van der Waals surface area (Å²) in [6.45, 7) is 3.24. The fraction of sp³-hybridized carbons (Fsp3) is 0.400.